The van der Waals surface area contributed by atoms with Crippen LogP contribution in [-0.4, -0.2) is 57.7 Å². The van der Waals surface area contributed by atoms with E-state index in [1.165, 1.54) is 0 Å². The molecular weight excluding hydrogens is 458 g/mol. The molecule has 0 aliphatic rings. The Balaban J connectivity index is 5.25. The number of nitrogens with one attached hydrogen (secondary N) is 1. The molecule has 202 valence electrons. The normalized spacial score (nSPS) is 13.9. The number of carboxylic acid groups (broad SMARTS) is 1. The lowest BCUT2D eigenvalue weighted by Crippen LogP contribution is -2.44. The van der Waals surface area contributed by atoms with Crippen molar-refractivity contribution >= 4 is 29.8 Å². The minimum absolute atomic E-state index is 0.0258. The molecule has 0 saturated heterocycles. The topological polar surface area (TPSA) is 145 Å². The van der Waals surface area contributed by atoms with Crippen molar-refractivity contribution in [3.05, 3.63) is 0 Å². The molecule has 0 heterocycles. The Kier molecular flexibility index (Phi) is 12.4. The second-order valence-electron chi connectivity index (χ2n) is 11.5. The monoisotopic (exact) mass is 501 g/mol. The largest absolute Gasteiger partial charge is 0.481 e. The summed E-state index contributed by atoms with van der Waals surface area (Å²) in [5.41, 5.74) is -2.22. The van der Waals surface area contributed by atoms with Crippen molar-refractivity contribution in [2.75, 3.05) is 0 Å². The SMILES string of the molecule is CC(C)(C)OC(=O)CC[C@H](CCC(=O)N[C@@H](CCC(=O)O)C(=O)OC(C)(C)C)C(=O)OC(C)(C)C. The summed E-state index contributed by atoms with van der Waals surface area (Å²) in [4.78, 5) is 60.8. The van der Waals surface area contributed by atoms with Crippen LogP contribution in [0, 0.1) is 5.92 Å². The highest BCUT2D eigenvalue weighted by Gasteiger charge is 2.30. The fourth-order valence-corrected chi connectivity index (χ4v) is 2.91. The van der Waals surface area contributed by atoms with E-state index in [1.54, 1.807) is 62.3 Å². The molecule has 0 unspecified atom stereocenters. The molecule has 2 N–H and O–H groups in total. The lowest BCUT2D eigenvalue weighted by Gasteiger charge is -2.25. The summed E-state index contributed by atoms with van der Waals surface area (Å²) in [7, 11) is 0. The van der Waals surface area contributed by atoms with Gasteiger partial charge in [-0.05, 0) is 81.6 Å². The molecule has 0 saturated carbocycles. The lowest BCUT2D eigenvalue weighted by molar-refractivity contribution is -0.162. The van der Waals surface area contributed by atoms with E-state index in [0.29, 0.717) is 0 Å². The van der Waals surface area contributed by atoms with E-state index >= 15 is 0 Å². The van der Waals surface area contributed by atoms with Crippen LogP contribution in [-0.2, 0) is 38.2 Å². The Morgan fingerprint density at radius 3 is 1.57 bits per heavy atom. The molecule has 0 rings (SSSR count). The van der Waals surface area contributed by atoms with Gasteiger partial charge in [-0.1, -0.05) is 0 Å². The number of carbonyl (C=O) groups excluding carboxylic acids is 4. The van der Waals surface area contributed by atoms with E-state index in [4.69, 9.17) is 19.3 Å². The zero-order valence-electron chi connectivity index (χ0n) is 22.6. The maximum Gasteiger partial charge on any atom is 0.329 e. The number of esters is 3. The molecule has 0 spiro atoms. The van der Waals surface area contributed by atoms with Gasteiger partial charge in [0, 0.05) is 19.3 Å². The predicted octanol–water partition coefficient (Wildman–Crippen LogP) is 3.54. The third kappa shape index (κ3) is 17.4. The Labute approximate surface area is 208 Å². The van der Waals surface area contributed by atoms with Crippen LogP contribution in [0.3, 0.4) is 0 Å². The molecule has 35 heavy (non-hydrogen) atoms. The first-order valence-corrected chi connectivity index (χ1v) is 11.9. The highest BCUT2D eigenvalue weighted by atomic mass is 16.6. The maximum atomic E-state index is 12.7. The molecule has 0 aliphatic heterocycles. The van der Waals surface area contributed by atoms with Gasteiger partial charge >= 0.3 is 23.9 Å². The molecule has 0 aromatic carbocycles. The molecule has 10 nitrogen and oxygen atoms in total. The summed E-state index contributed by atoms with van der Waals surface area (Å²) >= 11 is 0. The number of rotatable bonds is 12. The first kappa shape index (κ1) is 32.4. The summed E-state index contributed by atoms with van der Waals surface area (Å²) in [6.45, 7) is 15.4. The number of hydrogen-bond acceptors (Lipinski definition) is 8. The van der Waals surface area contributed by atoms with Crippen LogP contribution in [0.2, 0.25) is 0 Å². The molecule has 0 aromatic heterocycles. The number of ether oxygens (including phenoxy) is 3. The molecule has 0 aromatic rings. The van der Waals surface area contributed by atoms with E-state index in [9.17, 15) is 24.0 Å². The van der Waals surface area contributed by atoms with Gasteiger partial charge in [-0.25, -0.2) is 4.79 Å². The van der Waals surface area contributed by atoms with Crippen molar-refractivity contribution < 1.29 is 43.3 Å². The smallest absolute Gasteiger partial charge is 0.329 e. The van der Waals surface area contributed by atoms with Gasteiger partial charge in [-0.2, -0.15) is 0 Å². The second-order valence-corrected chi connectivity index (χ2v) is 11.5. The molecule has 2 atom stereocenters. The van der Waals surface area contributed by atoms with Gasteiger partial charge in [-0.3, -0.25) is 19.2 Å². The summed E-state index contributed by atoms with van der Waals surface area (Å²) in [6, 6.07) is -1.14. The predicted molar refractivity (Wildman–Crippen MR) is 128 cm³/mol. The van der Waals surface area contributed by atoms with Crippen molar-refractivity contribution in [1.29, 1.82) is 0 Å². The van der Waals surface area contributed by atoms with Gasteiger partial charge in [0.05, 0.1) is 5.92 Å². The number of carboxylic acids is 1. The average Bonchev–Trinajstić information content (AvgIpc) is 2.60. The summed E-state index contributed by atoms with van der Waals surface area (Å²) in [5.74, 6) is -4.14. The van der Waals surface area contributed by atoms with Crippen LogP contribution in [0.15, 0.2) is 0 Å². The van der Waals surface area contributed by atoms with E-state index in [1.807, 2.05) is 0 Å². The highest BCUT2D eigenvalue weighted by Crippen LogP contribution is 2.21. The zero-order chi connectivity index (χ0) is 27.6. The minimum Gasteiger partial charge on any atom is -0.481 e. The standard InChI is InChI=1S/C25H43NO9/c1-23(2,3)33-20(30)15-11-16(21(31)34-24(4,5)6)10-13-18(27)26-17(12-14-19(28)29)22(32)35-25(7,8)9/h16-17H,10-15H2,1-9H3,(H,26,27)(H,28,29)/t16-,17-/m0/s1. The van der Waals surface area contributed by atoms with Crippen molar-refractivity contribution in [2.24, 2.45) is 5.92 Å². The maximum absolute atomic E-state index is 12.7. The lowest BCUT2D eigenvalue weighted by atomic mass is 9.96. The first-order valence-electron chi connectivity index (χ1n) is 11.9. The van der Waals surface area contributed by atoms with E-state index < -0.39 is 58.5 Å². The summed E-state index contributed by atoms with van der Waals surface area (Å²) in [6.07, 6.45) is -0.424. The first-order chi connectivity index (χ1) is 15.7. The van der Waals surface area contributed by atoms with Crippen LogP contribution >= 0.6 is 0 Å². The van der Waals surface area contributed by atoms with Crippen molar-refractivity contribution in [3.8, 4) is 0 Å². The molecule has 0 radical (unpaired) electrons. The van der Waals surface area contributed by atoms with Gasteiger partial charge in [0.1, 0.15) is 22.8 Å². The molecule has 0 bridgehead atoms. The fraction of sp³-hybridized carbons (Fsp3) is 0.800. The van der Waals surface area contributed by atoms with Gasteiger partial charge in [0.25, 0.3) is 0 Å². The Bertz CT molecular complexity index is 754. The van der Waals surface area contributed by atoms with Crippen LogP contribution < -0.4 is 5.32 Å². The molecule has 0 aliphatic carbocycles. The van der Waals surface area contributed by atoms with Crippen molar-refractivity contribution in [1.82, 2.24) is 5.32 Å². The highest BCUT2D eigenvalue weighted by molar-refractivity contribution is 5.85. The average molecular weight is 502 g/mol. The number of amides is 1. The molecule has 1 amide bonds. The Morgan fingerprint density at radius 1 is 0.657 bits per heavy atom. The Hall–Kier alpha value is -2.65. The summed E-state index contributed by atoms with van der Waals surface area (Å²) in [5, 5.41) is 11.5. The fourth-order valence-electron chi connectivity index (χ4n) is 2.91. The van der Waals surface area contributed by atoms with E-state index in [-0.39, 0.29) is 38.5 Å². The van der Waals surface area contributed by atoms with Crippen molar-refractivity contribution in [3.63, 3.8) is 0 Å². The van der Waals surface area contributed by atoms with Crippen LogP contribution in [0.4, 0.5) is 0 Å². The number of aliphatic carboxylic acids is 1. The van der Waals surface area contributed by atoms with Crippen LogP contribution in [0.25, 0.3) is 0 Å². The third-order valence-electron chi connectivity index (χ3n) is 4.25. The Morgan fingerprint density at radius 2 is 1.11 bits per heavy atom. The van der Waals surface area contributed by atoms with Gasteiger partial charge in [0.2, 0.25) is 5.91 Å². The van der Waals surface area contributed by atoms with Gasteiger partial charge < -0.3 is 24.6 Å². The molecular formula is C25H43NO9. The molecule has 10 heteroatoms. The van der Waals surface area contributed by atoms with E-state index in [2.05, 4.69) is 5.32 Å². The van der Waals surface area contributed by atoms with Crippen LogP contribution in [0.5, 0.6) is 0 Å². The second kappa shape index (κ2) is 13.4. The number of carbonyl (C=O) groups is 5. The van der Waals surface area contributed by atoms with Gasteiger partial charge in [0.15, 0.2) is 0 Å². The minimum atomic E-state index is -1.14. The number of hydrogen-bond donors (Lipinski definition) is 2. The third-order valence-corrected chi connectivity index (χ3v) is 4.25. The van der Waals surface area contributed by atoms with Gasteiger partial charge in [-0.15, -0.1) is 0 Å². The quantitative estimate of drug-likeness (QED) is 0.303. The van der Waals surface area contributed by atoms with E-state index in [0.717, 1.165) is 0 Å². The summed E-state index contributed by atoms with van der Waals surface area (Å²) < 4.78 is 16.0. The van der Waals surface area contributed by atoms with Crippen molar-refractivity contribution in [2.45, 2.75) is 124 Å². The zero-order valence-corrected chi connectivity index (χ0v) is 22.6. The van der Waals surface area contributed by atoms with Crippen LogP contribution in [0.1, 0.15) is 101 Å². The molecule has 0 fully saturated rings.